The monoisotopic (exact) mass is 211 g/mol. The molecule has 1 amide bonds. The molecule has 2 atom stereocenters. The first kappa shape index (κ1) is 9.92. The molecule has 0 bridgehead atoms. The van der Waals surface area contributed by atoms with E-state index in [-0.39, 0.29) is 6.42 Å². The molecule has 15 heavy (non-hydrogen) atoms. The van der Waals surface area contributed by atoms with E-state index < -0.39 is 23.9 Å². The molecular weight excluding hydrogens is 201 g/mol. The number of carbonyl (C=O) groups excluding carboxylic acids is 1. The van der Waals surface area contributed by atoms with Crippen LogP contribution in [-0.4, -0.2) is 17.1 Å². The number of benzene rings is 1. The molecule has 0 saturated heterocycles. The number of halogens is 1. The normalized spacial score (nSPS) is 24.1. The highest BCUT2D eigenvalue weighted by molar-refractivity contribution is 5.79. The lowest BCUT2D eigenvalue weighted by molar-refractivity contribution is -0.127. The summed E-state index contributed by atoms with van der Waals surface area (Å²) in [7, 11) is 0. The zero-order valence-corrected chi connectivity index (χ0v) is 7.81. The van der Waals surface area contributed by atoms with E-state index in [2.05, 4.69) is 0 Å². The number of hydrogen-bond acceptors (Lipinski definition) is 3. The molecule has 0 fully saturated rings. The largest absolute Gasteiger partial charge is 0.480 e. The molecule has 0 radical (unpaired) electrons. The number of nitrogens with two attached hydrogens (primary N) is 1. The quantitative estimate of drug-likeness (QED) is 0.710. The van der Waals surface area contributed by atoms with Crippen molar-refractivity contribution in [2.75, 3.05) is 0 Å². The Morgan fingerprint density at radius 3 is 3.00 bits per heavy atom. The molecule has 0 saturated carbocycles. The lowest BCUT2D eigenvalue weighted by atomic mass is 9.99. The Kier molecular flexibility index (Phi) is 2.32. The summed E-state index contributed by atoms with van der Waals surface area (Å²) in [4.78, 5) is 10.9. The minimum absolute atomic E-state index is 0.0613. The predicted molar refractivity (Wildman–Crippen MR) is 49.6 cm³/mol. The molecule has 80 valence electrons. The number of primary amides is 1. The molecule has 1 aliphatic heterocycles. The maximum Gasteiger partial charge on any atom is 0.258 e. The maximum absolute atomic E-state index is 12.9. The average Bonchev–Trinajstić information content (AvgIpc) is 2.18. The van der Waals surface area contributed by atoms with Gasteiger partial charge in [0, 0.05) is 12.0 Å². The second-order valence-corrected chi connectivity index (χ2v) is 3.44. The molecule has 5 heteroatoms. The summed E-state index contributed by atoms with van der Waals surface area (Å²) < 4.78 is 18.1. The highest BCUT2D eigenvalue weighted by atomic mass is 19.1. The Hall–Kier alpha value is -1.62. The van der Waals surface area contributed by atoms with E-state index in [0.29, 0.717) is 11.3 Å². The Bertz CT molecular complexity index is 408. The number of hydrogen-bond donors (Lipinski definition) is 2. The zero-order valence-electron chi connectivity index (χ0n) is 7.81. The van der Waals surface area contributed by atoms with Crippen molar-refractivity contribution in [2.45, 2.75) is 18.6 Å². The number of carbonyl (C=O) groups is 1. The molecule has 2 rings (SSSR count). The number of aliphatic hydroxyl groups is 1. The van der Waals surface area contributed by atoms with Crippen molar-refractivity contribution in [3.63, 3.8) is 0 Å². The van der Waals surface area contributed by atoms with Gasteiger partial charge in [-0.1, -0.05) is 0 Å². The molecular formula is C10H10FNO3. The lowest BCUT2D eigenvalue weighted by Crippen LogP contribution is -2.37. The van der Waals surface area contributed by atoms with Crippen LogP contribution >= 0.6 is 0 Å². The summed E-state index contributed by atoms with van der Waals surface area (Å²) in [5, 5.41) is 9.65. The summed E-state index contributed by atoms with van der Waals surface area (Å²) in [5.41, 5.74) is 5.42. The second-order valence-electron chi connectivity index (χ2n) is 3.44. The van der Waals surface area contributed by atoms with E-state index in [0.717, 1.165) is 0 Å². The fourth-order valence-corrected chi connectivity index (χ4v) is 1.59. The van der Waals surface area contributed by atoms with Gasteiger partial charge in [-0.3, -0.25) is 4.79 Å². The Labute approximate surface area is 85.5 Å². The minimum Gasteiger partial charge on any atom is -0.480 e. The van der Waals surface area contributed by atoms with Gasteiger partial charge in [0.15, 0.2) is 6.10 Å². The van der Waals surface area contributed by atoms with Crippen molar-refractivity contribution >= 4 is 5.91 Å². The van der Waals surface area contributed by atoms with Crippen LogP contribution in [-0.2, 0) is 4.79 Å². The summed E-state index contributed by atoms with van der Waals surface area (Å²) in [6.45, 7) is 0. The molecule has 0 spiro atoms. The van der Waals surface area contributed by atoms with Gasteiger partial charge >= 0.3 is 0 Å². The van der Waals surface area contributed by atoms with Crippen molar-refractivity contribution in [1.82, 2.24) is 0 Å². The van der Waals surface area contributed by atoms with E-state index in [1.54, 1.807) is 0 Å². The third kappa shape index (κ3) is 1.78. The topological polar surface area (TPSA) is 72.6 Å². The van der Waals surface area contributed by atoms with Crippen LogP contribution in [0.15, 0.2) is 18.2 Å². The lowest BCUT2D eigenvalue weighted by Gasteiger charge is -2.27. The summed E-state index contributed by atoms with van der Waals surface area (Å²) >= 11 is 0. The van der Waals surface area contributed by atoms with Gasteiger partial charge in [-0.15, -0.1) is 0 Å². The SMILES string of the molecule is NC(=O)[C@@H]1C[C@H](O)c2cc(F)ccc2O1. The van der Waals surface area contributed by atoms with Crippen LogP contribution in [0.3, 0.4) is 0 Å². The molecule has 3 N–H and O–H groups in total. The van der Waals surface area contributed by atoms with Gasteiger partial charge in [-0.05, 0) is 18.2 Å². The fourth-order valence-electron chi connectivity index (χ4n) is 1.59. The molecule has 0 aromatic heterocycles. The fraction of sp³-hybridized carbons (Fsp3) is 0.300. The summed E-state index contributed by atoms with van der Waals surface area (Å²) in [6, 6.07) is 3.77. The predicted octanol–water partition coefficient (Wildman–Crippen LogP) is 0.496. The molecule has 1 aromatic rings. The molecule has 0 aliphatic carbocycles. The van der Waals surface area contributed by atoms with Crippen molar-refractivity contribution < 1.29 is 19.0 Å². The maximum atomic E-state index is 12.9. The van der Waals surface area contributed by atoms with E-state index >= 15 is 0 Å². The van der Waals surface area contributed by atoms with Gasteiger partial charge in [0.05, 0.1) is 6.10 Å². The number of fused-ring (bicyclic) bond motifs is 1. The molecule has 1 heterocycles. The highest BCUT2D eigenvalue weighted by Crippen LogP contribution is 2.34. The zero-order chi connectivity index (χ0) is 11.0. The summed E-state index contributed by atoms with van der Waals surface area (Å²) in [6.07, 6.45) is -1.70. The number of amides is 1. The van der Waals surface area contributed by atoms with Gasteiger partial charge in [0.25, 0.3) is 5.91 Å². The Balaban J connectivity index is 2.36. The van der Waals surface area contributed by atoms with Crippen LogP contribution in [0.1, 0.15) is 18.1 Å². The standard InChI is InChI=1S/C10H10FNO3/c11-5-1-2-8-6(3-5)7(13)4-9(15-8)10(12)14/h1-3,7,9,13H,4H2,(H2,12,14)/t7-,9-/m0/s1. The summed E-state index contributed by atoms with van der Waals surface area (Å²) in [5.74, 6) is -0.781. The number of rotatable bonds is 1. The molecule has 0 unspecified atom stereocenters. The third-order valence-corrected chi connectivity index (χ3v) is 2.35. The molecule has 4 nitrogen and oxygen atoms in total. The average molecular weight is 211 g/mol. The van der Waals surface area contributed by atoms with Crippen molar-refractivity contribution in [3.05, 3.63) is 29.6 Å². The Morgan fingerprint density at radius 2 is 2.33 bits per heavy atom. The molecule has 1 aliphatic rings. The van der Waals surface area contributed by atoms with Crippen LogP contribution in [0, 0.1) is 5.82 Å². The van der Waals surface area contributed by atoms with Crippen LogP contribution < -0.4 is 10.5 Å². The number of ether oxygens (including phenoxy) is 1. The van der Waals surface area contributed by atoms with Crippen molar-refractivity contribution in [3.8, 4) is 5.75 Å². The van der Waals surface area contributed by atoms with Crippen molar-refractivity contribution in [1.29, 1.82) is 0 Å². The van der Waals surface area contributed by atoms with Crippen LogP contribution in [0.5, 0.6) is 5.75 Å². The van der Waals surface area contributed by atoms with Gasteiger partial charge < -0.3 is 15.6 Å². The first-order valence-corrected chi connectivity index (χ1v) is 4.51. The van der Waals surface area contributed by atoms with Crippen LogP contribution in [0.2, 0.25) is 0 Å². The van der Waals surface area contributed by atoms with E-state index in [1.165, 1.54) is 18.2 Å². The van der Waals surface area contributed by atoms with E-state index in [9.17, 15) is 14.3 Å². The van der Waals surface area contributed by atoms with Crippen LogP contribution in [0.25, 0.3) is 0 Å². The smallest absolute Gasteiger partial charge is 0.258 e. The first-order chi connectivity index (χ1) is 7.08. The minimum atomic E-state index is -0.915. The van der Waals surface area contributed by atoms with Crippen LogP contribution in [0.4, 0.5) is 4.39 Å². The molecule has 1 aromatic carbocycles. The van der Waals surface area contributed by atoms with Gasteiger partial charge in [0.1, 0.15) is 11.6 Å². The van der Waals surface area contributed by atoms with Gasteiger partial charge in [-0.2, -0.15) is 0 Å². The third-order valence-electron chi connectivity index (χ3n) is 2.35. The van der Waals surface area contributed by atoms with Gasteiger partial charge in [0.2, 0.25) is 0 Å². The van der Waals surface area contributed by atoms with E-state index in [4.69, 9.17) is 10.5 Å². The first-order valence-electron chi connectivity index (χ1n) is 4.51. The van der Waals surface area contributed by atoms with E-state index in [1.807, 2.05) is 0 Å². The highest BCUT2D eigenvalue weighted by Gasteiger charge is 2.30. The Morgan fingerprint density at radius 1 is 1.60 bits per heavy atom. The van der Waals surface area contributed by atoms with Crippen molar-refractivity contribution in [2.24, 2.45) is 5.73 Å². The van der Waals surface area contributed by atoms with Gasteiger partial charge in [-0.25, -0.2) is 4.39 Å². The second kappa shape index (κ2) is 3.51. The number of aliphatic hydroxyl groups excluding tert-OH is 1.